The first kappa shape index (κ1) is 11.4. The van der Waals surface area contributed by atoms with E-state index in [1.165, 1.54) is 9.96 Å². The summed E-state index contributed by atoms with van der Waals surface area (Å²) in [6.07, 6.45) is 1.94. The third-order valence-corrected chi connectivity index (χ3v) is 6.98. The number of hydrogen-bond acceptors (Lipinski definition) is 1. The van der Waals surface area contributed by atoms with Crippen LogP contribution in [-0.2, 0) is 0 Å². The van der Waals surface area contributed by atoms with Crippen molar-refractivity contribution in [2.45, 2.75) is 17.3 Å². The van der Waals surface area contributed by atoms with Gasteiger partial charge >= 0.3 is 99.8 Å². The summed E-state index contributed by atoms with van der Waals surface area (Å²) in [5, 5.41) is 0. The van der Waals surface area contributed by atoms with Crippen molar-refractivity contribution in [3.8, 4) is 11.3 Å². The predicted molar refractivity (Wildman–Crippen MR) is 72.7 cm³/mol. The molecule has 82 valence electrons. The van der Waals surface area contributed by atoms with Crippen LogP contribution in [0, 0.1) is 0 Å². The molecule has 0 fully saturated rings. The van der Waals surface area contributed by atoms with Crippen LogP contribution in [0.4, 0.5) is 0 Å². The van der Waals surface area contributed by atoms with E-state index in [1.54, 1.807) is 0 Å². The Hall–Kier alpha value is -1.09. The van der Waals surface area contributed by atoms with Gasteiger partial charge in [0.15, 0.2) is 0 Å². The van der Waals surface area contributed by atoms with Crippen molar-refractivity contribution in [2.75, 3.05) is 0 Å². The quantitative estimate of drug-likeness (QED) is 0.764. The number of hydrogen-bond donors (Lipinski definition) is 0. The van der Waals surface area contributed by atoms with E-state index in [2.05, 4.69) is 58.7 Å². The molecule has 2 rings (SSSR count). The zero-order valence-electron chi connectivity index (χ0n) is 10.1. The molecule has 0 saturated carbocycles. The molecule has 0 amide bonds. The monoisotopic (exact) mass is 273 g/mol. The minimum absolute atomic E-state index is 1.10. The molecule has 0 aliphatic heterocycles. The molecule has 0 spiro atoms. The summed E-state index contributed by atoms with van der Waals surface area (Å²) in [7, 11) is 0. The molecule has 0 aliphatic carbocycles. The van der Waals surface area contributed by atoms with Crippen LogP contribution < -0.4 is 4.40 Å². The van der Waals surface area contributed by atoms with Crippen LogP contribution in [0.2, 0.25) is 17.3 Å². The van der Waals surface area contributed by atoms with E-state index >= 15 is 0 Å². The van der Waals surface area contributed by atoms with Gasteiger partial charge in [0, 0.05) is 0 Å². The summed E-state index contributed by atoms with van der Waals surface area (Å²) < 4.78 is 1.51. The summed E-state index contributed by atoms with van der Waals surface area (Å²) >= 11 is -1.73. The van der Waals surface area contributed by atoms with Crippen LogP contribution in [0.5, 0.6) is 0 Å². The van der Waals surface area contributed by atoms with Gasteiger partial charge in [-0.15, -0.1) is 0 Å². The normalized spacial score (nSPS) is 11.4. The van der Waals surface area contributed by atoms with Gasteiger partial charge in [-0.3, -0.25) is 0 Å². The maximum atomic E-state index is 4.45. The van der Waals surface area contributed by atoms with Gasteiger partial charge in [0.05, 0.1) is 0 Å². The first-order valence-corrected chi connectivity index (χ1v) is 12.9. The second-order valence-corrected chi connectivity index (χ2v) is 15.7. The van der Waals surface area contributed by atoms with Crippen LogP contribution in [0.25, 0.3) is 11.3 Å². The Morgan fingerprint density at radius 3 is 2.25 bits per heavy atom. The molecule has 0 radical (unpaired) electrons. The maximum absolute atomic E-state index is 4.45. The van der Waals surface area contributed by atoms with Crippen molar-refractivity contribution in [1.29, 1.82) is 0 Å². The molecule has 0 unspecified atom stereocenters. The van der Waals surface area contributed by atoms with Gasteiger partial charge in [-0.2, -0.15) is 0 Å². The number of rotatable bonds is 2. The molecule has 1 heterocycles. The Morgan fingerprint density at radius 2 is 1.62 bits per heavy atom. The SMILES string of the molecule is [CH3][Ge]([CH3])([CH3])[c]1ccnc(-c2ccccc2)c1. The summed E-state index contributed by atoms with van der Waals surface area (Å²) in [5.41, 5.74) is 2.30. The molecule has 0 N–H and O–H groups in total. The minimum atomic E-state index is -1.73. The first-order valence-electron chi connectivity index (χ1n) is 5.59. The molecule has 1 aromatic carbocycles. The van der Waals surface area contributed by atoms with Crippen molar-refractivity contribution in [3.05, 3.63) is 48.7 Å². The molecular weight excluding hydrogens is 255 g/mol. The van der Waals surface area contributed by atoms with Crippen LogP contribution in [0.15, 0.2) is 48.7 Å². The van der Waals surface area contributed by atoms with Crippen LogP contribution in [-0.4, -0.2) is 18.3 Å². The third-order valence-electron chi connectivity index (χ3n) is 2.70. The molecule has 2 aromatic rings. The van der Waals surface area contributed by atoms with Gasteiger partial charge in [0.25, 0.3) is 0 Å². The Bertz CT molecular complexity index is 472. The zero-order valence-corrected chi connectivity index (χ0v) is 12.2. The van der Waals surface area contributed by atoms with E-state index in [1.807, 2.05) is 12.3 Å². The van der Waals surface area contributed by atoms with E-state index in [9.17, 15) is 0 Å². The van der Waals surface area contributed by atoms with Gasteiger partial charge in [-0.25, -0.2) is 0 Å². The number of pyridine rings is 1. The van der Waals surface area contributed by atoms with Gasteiger partial charge in [-0.05, 0) is 0 Å². The molecule has 16 heavy (non-hydrogen) atoms. The molecule has 0 bridgehead atoms. The second-order valence-electron chi connectivity index (χ2n) is 5.05. The second kappa shape index (κ2) is 4.42. The predicted octanol–water partition coefficient (Wildman–Crippen LogP) is 3.29. The van der Waals surface area contributed by atoms with E-state index in [0.29, 0.717) is 0 Å². The molecular formula is C14H17GeN. The Labute approximate surface area is 99.9 Å². The van der Waals surface area contributed by atoms with E-state index in [-0.39, 0.29) is 0 Å². The van der Waals surface area contributed by atoms with Gasteiger partial charge in [0.2, 0.25) is 0 Å². The topological polar surface area (TPSA) is 12.9 Å². The van der Waals surface area contributed by atoms with Gasteiger partial charge < -0.3 is 0 Å². The fraction of sp³-hybridized carbons (Fsp3) is 0.214. The van der Waals surface area contributed by atoms with E-state index in [4.69, 9.17) is 0 Å². The number of nitrogens with zero attached hydrogens (tertiary/aromatic N) is 1. The summed E-state index contributed by atoms with van der Waals surface area (Å²) in [4.78, 5) is 4.45. The van der Waals surface area contributed by atoms with Gasteiger partial charge in [0.1, 0.15) is 0 Å². The van der Waals surface area contributed by atoms with E-state index < -0.39 is 13.3 Å². The molecule has 0 aliphatic rings. The summed E-state index contributed by atoms with van der Waals surface area (Å²) in [5.74, 6) is 7.22. The molecule has 1 nitrogen and oxygen atoms in total. The molecule has 2 heteroatoms. The summed E-state index contributed by atoms with van der Waals surface area (Å²) in [6, 6.07) is 14.8. The first-order chi connectivity index (χ1) is 7.57. The van der Waals surface area contributed by atoms with E-state index in [0.717, 1.165) is 5.69 Å². The average Bonchev–Trinajstić information content (AvgIpc) is 2.29. The van der Waals surface area contributed by atoms with Crippen LogP contribution in [0.1, 0.15) is 0 Å². The average molecular weight is 272 g/mol. The van der Waals surface area contributed by atoms with Crippen molar-refractivity contribution in [3.63, 3.8) is 0 Å². The fourth-order valence-corrected chi connectivity index (χ4v) is 4.06. The fourth-order valence-electron chi connectivity index (χ4n) is 1.66. The molecule has 0 saturated heterocycles. The third kappa shape index (κ3) is 2.53. The summed E-state index contributed by atoms with van der Waals surface area (Å²) in [6.45, 7) is 0. The standard InChI is InChI=1S/C14H17GeN/c1-15(2,3)13-9-10-16-14(11-13)12-7-5-4-6-8-12/h4-11H,1-3H3. The van der Waals surface area contributed by atoms with Crippen molar-refractivity contribution >= 4 is 17.7 Å². The molecule has 0 atom stereocenters. The van der Waals surface area contributed by atoms with Crippen molar-refractivity contribution in [1.82, 2.24) is 4.98 Å². The van der Waals surface area contributed by atoms with Crippen molar-refractivity contribution < 1.29 is 0 Å². The Balaban J connectivity index is 2.45. The number of aromatic nitrogens is 1. The van der Waals surface area contributed by atoms with Crippen molar-refractivity contribution in [2.24, 2.45) is 0 Å². The zero-order chi connectivity index (χ0) is 11.6. The Morgan fingerprint density at radius 1 is 0.938 bits per heavy atom. The Kier molecular flexibility index (Phi) is 3.15. The van der Waals surface area contributed by atoms with Crippen LogP contribution in [0.3, 0.4) is 0 Å². The van der Waals surface area contributed by atoms with Crippen LogP contribution >= 0.6 is 0 Å². The molecule has 1 aromatic heterocycles. The van der Waals surface area contributed by atoms with Gasteiger partial charge in [-0.1, -0.05) is 0 Å². The number of benzene rings is 1.